The monoisotopic (exact) mass is 232 g/mol. The molecule has 0 saturated carbocycles. The van der Waals surface area contributed by atoms with Crippen molar-refractivity contribution in [1.82, 2.24) is 0 Å². The van der Waals surface area contributed by atoms with Gasteiger partial charge in [-0.1, -0.05) is 33.1 Å². The van der Waals surface area contributed by atoms with Gasteiger partial charge in [0.1, 0.15) is 5.75 Å². The van der Waals surface area contributed by atoms with Crippen molar-refractivity contribution in [2.45, 2.75) is 20.1 Å². The normalized spacial score (nSPS) is 17.0. The summed E-state index contributed by atoms with van der Waals surface area (Å²) in [6.45, 7) is 11.4. The molecule has 0 aromatic heterocycles. The van der Waals surface area contributed by atoms with E-state index >= 15 is 0 Å². The van der Waals surface area contributed by atoms with Crippen LogP contribution in [0.4, 0.5) is 0 Å². The molecule has 90 valence electrons. The van der Waals surface area contributed by atoms with Crippen molar-refractivity contribution in [3.8, 4) is 17.2 Å². The van der Waals surface area contributed by atoms with E-state index in [1.165, 1.54) is 6.26 Å². The van der Waals surface area contributed by atoms with Gasteiger partial charge >= 0.3 is 0 Å². The lowest BCUT2D eigenvalue weighted by Crippen LogP contribution is -2.24. The smallest absolute Gasteiger partial charge is 0.243 e. The lowest BCUT2D eigenvalue weighted by atomic mass is 10.2. The molecule has 1 aliphatic rings. The van der Waals surface area contributed by atoms with Crippen LogP contribution in [-0.4, -0.2) is 6.29 Å². The molecule has 1 atom stereocenters. The number of hydrogen-bond acceptors (Lipinski definition) is 3. The van der Waals surface area contributed by atoms with Crippen molar-refractivity contribution in [2.24, 2.45) is 5.92 Å². The van der Waals surface area contributed by atoms with Crippen LogP contribution in [-0.2, 0) is 0 Å². The average Bonchev–Trinajstić information content (AvgIpc) is 2.71. The summed E-state index contributed by atoms with van der Waals surface area (Å²) in [7, 11) is 0. The molecule has 1 heterocycles. The predicted molar refractivity (Wildman–Crippen MR) is 67.2 cm³/mol. The lowest BCUT2D eigenvalue weighted by molar-refractivity contribution is 0.00908. The highest BCUT2D eigenvalue weighted by Crippen LogP contribution is 2.41. The first kappa shape index (κ1) is 11.6. The molecule has 0 spiro atoms. The van der Waals surface area contributed by atoms with Crippen LogP contribution in [0.2, 0.25) is 0 Å². The van der Waals surface area contributed by atoms with E-state index in [1.54, 1.807) is 12.1 Å². The van der Waals surface area contributed by atoms with Gasteiger partial charge in [-0.15, -0.1) is 0 Å². The van der Waals surface area contributed by atoms with E-state index in [-0.39, 0.29) is 6.29 Å². The molecule has 2 rings (SSSR count). The van der Waals surface area contributed by atoms with E-state index in [4.69, 9.17) is 14.2 Å². The SMILES string of the molecule is C=COc1cc2c(cc1C=C)OC(C(C)C)O2. The van der Waals surface area contributed by atoms with E-state index in [0.29, 0.717) is 17.4 Å². The fraction of sp³-hybridized carbons (Fsp3) is 0.286. The van der Waals surface area contributed by atoms with Gasteiger partial charge in [0.25, 0.3) is 0 Å². The highest BCUT2D eigenvalue weighted by Gasteiger charge is 2.28. The van der Waals surface area contributed by atoms with Gasteiger partial charge in [0.15, 0.2) is 11.5 Å². The Morgan fingerprint density at radius 3 is 2.41 bits per heavy atom. The number of hydrogen-bond donors (Lipinski definition) is 0. The molecular weight excluding hydrogens is 216 g/mol. The van der Waals surface area contributed by atoms with Crippen LogP contribution in [0.3, 0.4) is 0 Å². The second-order valence-electron chi connectivity index (χ2n) is 4.17. The molecular formula is C14H16O3. The minimum absolute atomic E-state index is 0.235. The minimum atomic E-state index is -0.235. The summed E-state index contributed by atoms with van der Waals surface area (Å²) in [4.78, 5) is 0. The van der Waals surface area contributed by atoms with Gasteiger partial charge in [-0.05, 0) is 6.07 Å². The Morgan fingerprint density at radius 2 is 1.88 bits per heavy atom. The second kappa shape index (κ2) is 4.53. The van der Waals surface area contributed by atoms with Crippen molar-refractivity contribution in [2.75, 3.05) is 0 Å². The zero-order valence-corrected chi connectivity index (χ0v) is 10.1. The molecule has 0 aliphatic carbocycles. The van der Waals surface area contributed by atoms with Gasteiger partial charge in [-0.25, -0.2) is 0 Å². The lowest BCUT2D eigenvalue weighted by Gasteiger charge is -2.12. The third-order valence-electron chi connectivity index (χ3n) is 2.54. The van der Waals surface area contributed by atoms with Crippen LogP contribution in [0.15, 0.2) is 31.6 Å². The third-order valence-corrected chi connectivity index (χ3v) is 2.54. The van der Waals surface area contributed by atoms with Crippen LogP contribution in [0.25, 0.3) is 6.08 Å². The van der Waals surface area contributed by atoms with Crippen molar-refractivity contribution >= 4 is 6.08 Å². The summed E-state index contributed by atoms with van der Waals surface area (Å²) in [5.41, 5.74) is 0.858. The van der Waals surface area contributed by atoms with Crippen molar-refractivity contribution in [1.29, 1.82) is 0 Å². The summed E-state index contributed by atoms with van der Waals surface area (Å²) < 4.78 is 16.7. The topological polar surface area (TPSA) is 27.7 Å². The number of fused-ring (bicyclic) bond motifs is 1. The molecule has 3 heteroatoms. The summed E-state index contributed by atoms with van der Waals surface area (Å²) in [6.07, 6.45) is 2.86. The van der Waals surface area contributed by atoms with Crippen molar-refractivity contribution in [3.05, 3.63) is 37.1 Å². The number of benzene rings is 1. The molecule has 0 amide bonds. The van der Waals surface area contributed by atoms with Crippen LogP contribution in [0, 0.1) is 5.92 Å². The third kappa shape index (κ3) is 2.13. The molecule has 17 heavy (non-hydrogen) atoms. The van der Waals surface area contributed by atoms with Crippen molar-refractivity contribution in [3.63, 3.8) is 0 Å². The van der Waals surface area contributed by atoms with Gasteiger partial charge < -0.3 is 14.2 Å². The van der Waals surface area contributed by atoms with Crippen LogP contribution in [0.5, 0.6) is 17.2 Å². The predicted octanol–water partition coefficient (Wildman–Crippen LogP) is 3.61. The Morgan fingerprint density at radius 1 is 1.24 bits per heavy atom. The highest BCUT2D eigenvalue weighted by atomic mass is 16.7. The molecule has 3 nitrogen and oxygen atoms in total. The molecule has 0 saturated heterocycles. The maximum atomic E-state index is 5.69. The number of rotatable bonds is 4. The zero-order chi connectivity index (χ0) is 12.4. The Labute approximate surface area is 101 Å². The molecule has 1 aromatic rings. The van der Waals surface area contributed by atoms with E-state index in [1.807, 2.05) is 19.9 Å². The van der Waals surface area contributed by atoms with Gasteiger partial charge in [0.05, 0.1) is 6.26 Å². The fourth-order valence-corrected chi connectivity index (χ4v) is 1.64. The Hall–Kier alpha value is -1.90. The van der Waals surface area contributed by atoms with Gasteiger partial charge in [-0.2, -0.15) is 0 Å². The van der Waals surface area contributed by atoms with Gasteiger partial charge in [0, 0.05) is 17.5 Å². The molecule has 0 N–H and O–H groups in total. The minimum Gasteiger partial charge on any atom is -0.465 e. The molecule has 1 unspecified atom stereocenters. The largest absolute Gasteiger partial charge is 0.465 e. The van der Waals surface area contributed by atoms with E-state index < -0.39 is 0 Å². The Kier molecular flexibility index (Phi) is 3.09. The summed E-state index contributed by atoms with van der Waals surface area (Å²) in [5, 5.41) is 0. The maximum Gasteiger partial charge on any atom is 0.243 e. The summed E-state index contributed by atoms with van der Waals surface area (Å²) >= 11 is 0. The van der Waals surface area contributed by atoms with Crippen LogP contribution in [0.1, 0.15) is 19.4 Å². The summed E-state index contributed by atoms with van der Waals surface area (Å²) in [6, 6.07) is 3.67. The first-order chi connectivity index (χ1) is 8.15. The molecule has 0 radical (unpaired) electrons. The molecule has 0 fully saturated rings. The molecule has 0 bridgehead atoms. The van der Waals surface area contributed by atoms with Gasteiger partial charge in [0.2, 0.25) is 6.29 Å². The fourth-order valence-electron chi connectivity index (χ4n) is 1.64. The molecule has 1 aliphatic heterocycles. The van der Waals surface area contributed by atoms with Crippen LogP contribution >= 0.6 is 0 Å². The van der Waals surface area contributed by atoms with Crippen molar-refractivity contribution < 1.29 is 14.2 Å². The van der Waals surface area contributed by atoms with E-state index in [0.717, 1.165) is 11.3 Å². The molecule has 1 aromatic carbocycles. The first-order valence-electron chi connectivity index (χ1n) is 5.57. The maximum absolute atomic E-state index is 5.69. The van der Waals surface area contributed by atoms with Crippen LogP contribution < -0.4 is 14.2 Å². The second-order valence-corrected chi connectivity index (χ2v) is 4.17. The number of ether oxygens (including phenoxy) is 3. The quantitative estimate of drug-likeness (QED) is 0.742. The Bertz CT molecular complexity index is 449. The highest BCUT2D eigenvalue weighted by molar-refractivity contribution is 5.63. The van der Waals surface area contributed by atoms with E-state index in [9.17, 15) is 0 Å². The zero-order valence-electron chi connectivity index (χ0n) is 10.1. The average molecular weight is 232 g/mol. The van der Waals surface area contributed by atoms with Gasteiger partial charge in [-0.3, -0.25) is 0 Å². The Balaban J connectivity index is 2.35. The van der Waals surface area contributed by atoms with E-state index in [2.05, 4.69) is 13.2 Å². The standard InChI is InChI=1S/C14H16O3/c1-5-10-7-12-13(8-11(10)15-6-2)17-14(16-12)9(3)4/h5-9,14H,1-2H2,3-4H3. The summed E-state index contributed by atoms with van der Waals surface area (Å²) in [5.74, 6) is 2.39. The first-order valence-corrected chi connectivity index (χ1v) is 5.57.